The highest BCUT2D eigenvalue weighted by Gasteiger charge is 2.16. The number of hydrazone groups is 1. The van der Waals surface area contributed by atoms with Crippen molar-refractivity contribution in [2.75, 3.05) is 11.9 Å². The van der Waals surface area contributed by atoms with E-state index in [0.717, 1.165) is 17.2 Å². The smallest absolute Gasteiger partial charge is 0.412 e. The number of ether oxygens (including phenoxy) is 1. The molecular formula is C10H17N6O2S+. The van der Waals surface area contributed by atoms with Gasteiger partial charge in [0.25, 0.3) is 0 Å². The van der Waals surface area contributed by atoms with Crippen LogP contribution in [0.25, 0.3) is 0 Å². The van der Waals surface area contributed by atoms with Crippen LogP contribution in [0.4, 0.5) is 9.80 Å². The first kappa shape index (κ1) is 14.9. The summed E-state index contributed by atoms with van der Waals surface area (Å²) >= 11 is 1.15. The van der Waals surface area contributed by atoms with Gasteiger partial charge in [0.1, 0.15) is 5.00 Å². The number of carbonyl (C=O) groups excluding carboxylic acids is 1. The Kier molecular flexibility index (Phi) is 5.24. The standard InChI is InChI=1S/C10H16N6O2S/c1-4-18-10(17)13-8-7(6(3)16-19-8)5(2)14-15-9(11)12/h4H2,1-3H3,(H,13,17)(H4,11,12,15)/p+1/b14-5+. The molecule has 0 radical (unpaired) electrons. The lowest BCUT2D eigenvalue weighted by Gasteiger charge is -2.05. The Labute approximate surface area is 114 Å². The van der Waals surface area contributed by atoms with E-state index in [1.54, 1.807) is 13.8 Å². The molecule has 0 unspecified atom stereocenters. The second kappa shape index (κ2) is 6.69. The number of aromatic nitrogens is 1. The third-order valence-electron chi connectivity index (χ3n) is 2.07. The van der Waals surface area contributed by atoms with E-state index in [9.17, 15) is 4.79 Å². The summed E-state index contributed by atoms with van der Waals surface area (Å²) in [6.45, 7) is 5.60. The summed E-state index contributed by atoms with van der Waals surface area (Å²) in [7, 11) is 0. The molecule has 0 atom stereocenters. The first-order chi connectivity index (χ1) is 8.95. The zero-order valence-corrected chi connectivity index (χ0v) is 11.8. The van der Waals surface area contributed by atoms with Gasteiger partial charge in [-0.15, -0.1) is 5.10 Å². The average molecular weight is 285 g/mol. The van der Waals surface area contributed by atoms with Crippen LogP contribution in [0, 0.1) is 6.92 Å². The molecule has 1 rings (SSSR count). The second-order valence-corrected chi connectivity index (χ2v) is 4.36. The van der Waals surface area contributed by atoms with Crippen LogP contribution in [0.1, 0.15) is 25.1 Å². The zero-order chi connectivity index (χ0) is 14.4. The number of nitrogens with zero attached hydrogens (tertiary/aromatic N) is 2. The van der Waals surface area contributed by atoms with Crippen LogP contribution < -0.4 is 21.9 Å². The molecule has 1 aromatic heterocycles. The molecule has 9 heteroatoms. The number of anilines is 1. The molecule has 0 aromatic carbocycles. The summed E-state index contributed by atoms with van der Waals surface area (Å²) in [5.74, 6) is -0.0138. The van der Waals surface area contributed by atoms with Gasteiger partial charge >= 0.3 is 12.1 Å². The molecule has 1 aromatic rings. The lowest BCUT2D eigenvalue weighted by atomic mass is 10.2. The molecule has 0 saturated heterocycles. The van der Waals surface area contributed by atoms with Crippen LogP contribution in [0.2, 0.25) is 0 Å². The molecule has 0 bridgehead atoms. The van der Waals surface area contributed by atoms with Crippen LogP contribution >= 0.6 is 11.5 Å². The molecule has 0 aliphatic rings. The van der Waals surface area contributed by atoms with Gasteiger partial charge in [0.15, 0.2) is 0 Å². The quantitative estimate of drug-likeness (QED) is 0.323. The van der Waals surface area contributed by atoms with Crippen LogP contribution in [-0.4, -0.2) is 28.7 Å². The maximum Gasteiger partial charge on any atom is 0.412 e. The van der Waals surface area contributed by atoms with Gasteiger partial charge < -0.3 is 4.74 Å². The van der Waals surface area contributed by atoms with Crippen molar-refractivity contribution >= 4 is 34.3 Å². The summed E-state index contributed by atoms with van der Waals surface area (Å²) in [5.41, 5.74) is 12.6. The number of hydrogen-bond donors (Lipinski definition) is 4. The Hall–Kier alpha value is -2.16. The largest absolute Gasteiger partial charge is 0.450 e. The molecule has 104 valence electrons. The van der Waals surface area contributed by atoms with Crippen LogP contribution in [0.15, 0.2) is 5.10 Å². The van der Waals surface area contributed by atoms with Crippen LogP contribution in [0.5, 0.6) is 0 Å². The Morgan fingerprint density at radius 2 is 2.26 bits per heavy atom. The minimum Gasteiger partial charge on any atom is -0.450 e. The van der Waals surface area contributed by atoms with Crippen molar-refractivity contribution in [3.05, 3.63) is 11.3 Å². The number of nitrogens with two attached hydrogens (primary N) is 2. The van der Waals surface area contributed by atoms with Gasteiger partial charge in [-0.3, -0.25) is 16.8 Å². The fourth-order valence-corrected chi connectivity index (χ4v) is 2.18. The number of amides is 1. The Balaban J connectivity index is 3.01. The number of rotatable bonds is 4. The van der Waals surface area contributed by atoms with Crippen LogP contribution in [-0.2, 0) is 4.74 Å². The predicted molar refractivity (Wildman–Crippen MR) is 74.1 cm³/mol. The van der Waals surface area contributed by atoms with E-state index in [1.807, 2.05) is 6.92 Å². The average Bonchev–Trinajstić information content (AvgIpc) is 2.67. The fraction of sp³-hybridized carbons (Fsp3) is 0.400. The summed E-state index contributed by atoms with van der Waals surface area (Å²) in [4.78, 5) is 11.4. The number of guanidine groups is 1. The van der Waals surface area contributed by atoms with E-state index in [2.05, 4.69) is 19.9 Å². The minimum atomic E-state index is -0.530. The SMILES string of the molecule is CCOC(=O)Nc1snc(C)c1/C(C)=N/[NH+]=C(N)N. The zero-order valence-electron chi connectivity index (χ0n) is 11.0. The number of carbonyl (C=O) groups is 1. The van der Waals surface area contributed by atoms with Crippen molar-refractivity contribution in [1.82, 2.24) is 4.37 Å². The molecule has 0 aliphatic heterocycles. The molecule has 1 heterocycles. The van der Waals surface area contributed by atoms with E-state index in [1.165, 1.54) is 0 Å². The number of aryl methyl sites for hydroxylation is 1. The molecule has 0 aliphatic carbocycles. The summed E-state index contributed by atoms with van der Waals surface area (Å²) < 4.78 is 8.99. The van der Waals surface area contributed by atoms with Gasteiger partial charge in [-0.1, -0.05) is 0 Å². The Morgan fingerprint density at radius 1 is 1.58 bits per heavy atom. The van der Waals surface area contributed by atoms with E-state index in [-0.39, 0.29) is 5.96 Å². The van der Waals surface area contributed by atoms with Crippen molar-refractivity contribution in [1.29, 1.82) is 0 Å². The molecule has 1 amide bonds. The van der Waals surface area contributed by atoms with Gasteiger partial charge in [0, 0.05) is 0 Å². The molecule has 8 nitrogen and oxygen atoms in total. The minimum absolute atomic E-state index is 0.0138. The van der Waals surface area contributed by atoms with E-state index in [0.29, 0.717) is 22.9 Å². The maximum atomic E-state index is 11.4. The number of hydrogen-bond acceptors (Lipinski definition) is 5. The molecule has 0 spiro atoms. The van der Waals surface area contributed by atoms with Crippen molar-refractivity contribution in [2.24, 2.45) is 16.6 Å². The van der Waals surface area contributed by atoms with Crippen molar-refractivity contribution in [3.63, 3.8) is 0 Å². The van der Waals surface area contributed by atoms with E-state index in [4.69, 9.17) is 16.2 Å². The van der Waals surface area contributed by atoms with Crippen molar-refractivity contribution < 1.29 is 14.6 Å². The lowest BCUT2D eigenvalue weighted by molar-refractivity contribution is -0.464. The topological polar surface area (TPSA) is 130 Å². The lowest BCUT2D eigenvalue weighted by Crippen LogP contribution is -2.72. The monoisotopic (exact) mass is 285 g/mol. The second-order valence-electron chi connectivity index (χ2n) is 3.58. The van der Waals surface area contributed by atoms with Gasteiger partial charge in [0.2, 0.25) is 0 Å². The molecule has 0 saturated carbocycles. The van der Waals surface area contributed by atoms with Crippen molar-refractivity contribution in [3.8, 4) is 0 Å². The first-order valence-corrected chi connectivity index (χ1v) is 6.31. The number of nitrogens with one attached hydrogen (secondary N) is 2. The Morgan fingerprint density at radius 3 is 2.84 bits per heavy atom. The highest BCUT2D eigenvalue weighted by Crippen LogP contribution is 2.25. The molecule has 0 fully saturated rings. The molecule has 19 heavy (non-hydrogen) atoms. The highest BCUT2D eigenvalue weighted by molar-refractivity contribution is 7.11. The van der Waals surface area contributed by atoms with Gasteiger partial charge in [0.05, 0.1) is 23.6 Å². The normalized spacial score (nSPS) is 11.0. The summed E-state index contributed by atoms with van der Waals surface area (Å²) in [5, 5.41) is 9.64. The maximum absolute atomic E-state index is 11.4. The van der Waals surface area contributed by atoms with Gasteiger partial charge in [-0.2, -0.15) is 9.47 Å². The van der Waals surface area contributed by atoms with Gasteiger partial charge in [-0.05, 0) is 32.3 Å². The van der Waals surface area contributed by atoms with Crippen molar-refractivity contribution in [2.45, 2.75) is 20.8 Å². The summed E-state index contributed by atoms with van der Waals surface area (Å²) in [6.07, 6.45) is -0.530. The highest BCUT2D eigenvalue weighted by atomic mass is 32.1. The summed E-state index contributed by atoms with van der Waals surface area (Å²) in [6, 6.07) is 0. The van der Waals surface area contributed by atoms with E-state index < -0.39 is 6.09 Å². The third-order valence-corrected chi connectivity index (χ3v) is 2.92. The van der Waals surface area contributed by atoms with E-state index >= 15 is 0 Å². The molecular weight excluding hydrogens is 268 g/mol. The third kappa shape index (κ3) is 4.21. The fourth-order valence-electron chi connectivity index (χ4n) is 1.35. The van der Waals surface area contributed by atoms with Crippen LogP contribution in [0.3, 0.4) is 0 Å². The predicted octanol–water partition coefficient (Wildman–Crippen LogP) is -0.902. The van der Waals surface area contributed by atoms with Gasteiger partial charge in [-0.25, -0.2) is 4.79 Å². The Bertz CT molecular complexity index is 518. The first-order valence-electron chi connectivity index (χ1n) is 5.54. The molecule has 6 N–H and O–H groups in total.